The number of carbonyl (C=O) groups is 1. The van der Waals surface area contributed by atoms with Crippen LogP contribution in [-0.4, -0.2) is 34.8 Å². The zero-order chi connectivity index (χ0) is 18.4. The van der Waals surface area contributed by atoms with Gasteiger partial charge in [-0.25, -0.2) is 0 Å². The lowest BCUT2D eigenvalue weighted by Crippen LogP contribution is -2.36. The van der Waals surface area contributed by atoms with Crippen molar-refractivity contribution in [3.05, 3.63) is 41.0 Å². The SMILES string of the molecule is Cn1cc(C(=O)NCCNC2CCCCCC2)c(-c2ccccc2Cl)n1. The second-order valence-electron chi connectivity index (χ2n) is 6.94. The zero-order valence-corrected chi connectivity index (χ0v) is 16.1. The molecule has 0 aliphatic heterocycles. The number of halogens is 1. The molecule has 1 aliphatic rings. The average Bonchev–Trinajstić information content (AvgIpc) is 2.85. The Morgan fingerprint density at radius 2 is 1.92 bits per heavy atom. The van der Waals surface area contributed by atoms with E-state index in [2.05, 4.69) is 15.7 Å². The van der Waals surface area contributed by atoms with Gasteiger partial charge in [-0.15, -0.1) is 0 Å². The summed E-state index contributed by atoms with van der Waals surface area (Å²) in [5.74, 6) is -0.115. The molecule has 1 aromatic carbocycles. The van der Waals surface area contributed by atoms with Gasteiger partial charge in [-0.3, -0.25) is 9.48 Å². The van der Waals surface area contributed by atoms with Gasteiger partial charge in [0.15, 0.2) is 0 Å². The highest BCUT2D eigenvalue weighted by atomic mass is 35.5. The fraction of sp³-hybridized carbons (Fsp3) is 0.500. The monoisotopic (exact) mass is 374 g/mol. The molecule has 26 heavy (non-hydrogen) atoms. The number of aromatic nitrogens is 2. The maximum absolute atomic E-state index is 12.6. The van der Waals surface area contributed by atoms with E-state index in [-0.39, 0.29) is 5.91 Å². The smallest absolute Gasteiger partial charge is 0.255 e. The van der Waals surface area contributed by atoms with Crippen LogP contribution in [0.5, 0.6) is 0 Å². The van der Waals surface area contributed by atoms with Crippen molar-refractivity contribution < 1.29 is 4.79 Å². The maximum Gasteiger partial charge on any atom is 0.255 e. The third kappa shape index (κ3) is 4.86. The molecule has 0 unspecified atom stereocenters. The standard InChI is InChI=1S/C20H27ClN4O/c1-25-14-17(19(24-25)16-10-6-7-11-18(16)21)20(26)23-13-12-22-15-8-4-2-3-5-9-15/h6-7,10-11,14-15,22H,2-5,8-9,12-13H2,1H3,(H,23,26). The van der Waals surface area contributed by atoms with Crippen molar-refractivity contribution in [1.82, 2.24) is 20.4 Å². The quantitative estimate of drug-likeness (QED) is 0.597. The highest BCUT2D eigenvalue weighted by Crippen LogP contribution is 2.28. The molecule has 1 amide bonds. The number of nitrogens with zero attached hydrogens (tertiary/aromatic N) is 2. The Morgan fingerprint density at radius 1 is 1.19 bits per heavy atom. The van der Waals surface area contributed by atoms with Crippen LogP contribution in [-0.2, 0) is 7.05 Å². The van der Waals surface area contributed by atoms with E-state index in [4.69, 9.17) is 11.6 Å². The third-order valence-electron chi connectivity index (χ3n) is 4.90. The summed E-state index contributed by atoms with van der Waals surface area (Å²) in [6.45, 7) is 1.39. The van der Waals surface area contributed by atoms with Gasteiger partial charge in [0.25, 0.3) is 5.91 Å². The highest BCUT2D eigenvalue weighted by molar-refractivity contribution is 6.33. The van der Waals surface area contributed by atoms with Crippen LogP contribution in [0.2, 0.25) is 5.02 Å². The second-order valence-corrected chi connectivity index (χ2v) is 7.35. The summed E-state index contributed by atoms with van der Waals surface area (Å²) >= 11 is 6.28. The number of hydrogen-bond donors (Lipinski definition) is 2. The molecule has 1 aromatic heterocycles. The number of nitrogens with one attached hydrogen (secondary N) is 2. The van der Waals surface area contributed by atoms with E-state index in [0.29, 0.717) is 28.9 Å². The van der Waals surface area contributed by atoms with Crippen molar-refractivity contribution in [3.63, 3.8) is 0 Å². The molecule has 0 spiro atoms. The molecule has 2 aromatic rings. The van der Waals surface area contributed by atoms with Gasteiger partial charge in [0.2, 0.25) is 0 Å². The molecule has 2 N–H and O–H groups in total. The van der Waals surface area contributed by atoms with E-state index < -0.39 is 0 Å². The molecule has 0 bridgehead atoms. The van der Waals surface area contributed by atoms with Gasteiger partial charge in [0.1, 0.15) is 5.69 Å². The molecule has 6 heteroatoms. The first-order valence-corrected chi connectivity index (χ1v) is 9.83. The molecule has 1 heterocycles. The number of rotatable bonds is 6. The van der Waals surface area contributed by atoms with Gasteiger partial charge in [0.05, 0.1) is 10.6 Å². The van der Waals surface area contributed by atoms with Crippen molar-refractivity contribution in [1.29, 1.82) is 0 Å². The molecule has 5 nitrogen and oxygen atoms in total. The van der Waals surface area contributed by atoms with Gasteiger partial charge in [0, 0.05) is 37.9 Å². The predicted octanol–water partition coefficient (Wildman–Crippen LogP) is 3.78. The van der Waals surface area contributed by atoms with E-state index in [1.54, 1.807) is 10.9 Å². The first-order chi connectivity index (χ1) is 12.6. The summed E-state index contributed by atoms with van der Waals surface area (Å²) in [5.41, 5.74) is 1.94. The number of aryl methyl sites for hydroxylation is 1. The van der Waals surface area contributed by atoms with Gasteiger partial charge in [-0.1, -0.05) is 55.5 Å². The molecular weight excluding hydrogens is 348 g/mol. The van der Waals surface area contributed by atoms with Gasteiger partial charge < -0.3 is 10.6 Å². The largest absolute Gasteiger partial charge is 0.351 e. The van der Waals surface area contributed by atoms with Crippen LogP contribution in [0.15, 0.2) is 30.5 Å². The third-order valence-corrected chi connectivity index (χ3v) is 5.23. The summed E-state index contributed by atoms with van der Waals surface area (Å²) in [4.78, 5) is 12.6. The Hall–Kier alpha value is -1.85. The lowest BCUT2D eigenvalue weighted by atomic mass is 10.1. The Bertz CT molecular complexity index is 735. The molecule has 0 radical (unpaired) electrons. The molecule has 140 valence electrons. The fourth-order valence-corrected chi connectivity index (χ4v) is 3.76. The molecule has 0 atom stereocenters. The number of hydrogen-bond acceptors (Lipinski definition) is 3. The van der Waals surface area contributed by atoms with Crippen LogP contribution in [0, 0.1) is 0 Å². The minimum Gasteiger partial charge on any atom is -0.351 e. The Kier molecular flexibility index (Phi) is 6.69. The summed E-state index contributed by atoms with van der Waals surface area (Å²) in [6, 6.07) is 8.05. The fourth-order valence-electron chi connectivity index (χ4n) is 3.54. The number of amides is 1. The van der Waals surface area contributed by atoms with Crippen LogP contribution < -0.4 is 10.6 Å². The van der Waals surface area contributed by atoms with Crippen LogP contribution in [0.3, 0.4) is 0 Å². The highest BCUT2D eigenvalue weighted by Gasteiger charge is 2.18. The average molecular weight is 375 g/mol. The Labute approximate surface area is 160 Å². The van der Waals surface area contributed by atoms with Gasteiger partial charge >= 0.3 is 0 Å². The van der Waals surface area contributed by atoms with E-state index >= 15 is 0 Å². The van der Waals surface area contributed by atoms with E-state index in [9.17, 15) is 4.79 Å². The molecule has 1 saturated carbocycles. The van der Waals surface area contributed by atoms with Gasteiger partial charge in [-0.05, 0) is 18.9 Å². The predicted molar refractivity (Wildman–Crippen MR) is 105 cm³/mol. The van der Waals surface area contributed by atoms with Crippen LogP contribution in [0.4, 0.5) is 0 Å². The van der Waals surface area contributed by atoms with Crippen molar-refractivity contribution in [2.45, 2.75) is 44.6 Å². The molecule has 3 rings (SSSR count). The molecular formula is C20H27ClN4O. The summed E-state index contributed by atoms with van der Waals surface area (Å²) < 4.78 is 1.65. The molecule has 1 fully saturated rings. The van der Waals surface area contributed by atoms with Crippen molar-refractivity contribution in [2.75, 3.05) is 13.1 Å². The summed E-state index contributed by atoms with van der Waals surface area (Å²) in [6.07, 6.45) is 9.54. The molecule has 1 aliphatic carbocycles. The minimum absolute atomic E-state index is 0.115. The van der Waals surface area contributed by atoms with Crippen LogP contribution in [0.1, 0.15) is 48.9 Å². The van der Waals surface area contributed by atoms with Crippen molar-refractivity contribution in [3.8, 4) is 11.3 Å². The van der Waals surface area contributed by atoms with E-state index in [0.717, 1.165) is 12.1 Å². The summed E-state index contributed by atoms with van der Waals surface area (Å²) in [5, 5.41) is 11.6. The Morgan fingerprint density at radius 3 is 2.65 bits per heavy atom. The maximum atomic E-state index is 12.6. The Balaban J connectivity index is 1.57. The topological polar surface area (TPSA) is 59.0 Å². The zero-order valence-electron chi connectivity index (χ0n) is 15.3. The number of carbonyl (C=O) groups excluding carboxylic acids is 1. The summed E-state index contributed by atoms with van der Waals surface area (Å²) in [7, 11) is 1.81. The van der Waals surface area contributed by atoms with Gasteiger partial charge in [-0.2, -0.15) is 5.10 Å². The van der Waals surface area contributed by atoms with Crippen LogP contribution in [0.25, 0.3) is 11.3 Å². The lowest BCUT2D eigenvalue weighted by Gasteiger charge is -2.16. The number of benzene rings is 1. The van der Waals surface area contributed by atoms with E-state index in [1.165, 1.54) is 38.5 Å². The first-order valence-electron chi connectivity index (χ1n) is 9.45. The minimum atomic E-state index is -0.115. The van der Waals surface area contributed by atoms with Crippen molar-refractivity contribution in [2.24, 2.45) is 7.05 Å². The second kappa shape index (κ2) is 9.19. The van der Waals surface area contributed by atoms with E-state index in [1.807, 2.05) is 31.3 Å². The lowest BCUT2D eigenvalue weighted by molar-refractivity contribution is 0.0954. The molecule has 0 saturated heterocycles. The first kappa shape index (κ1) is 18.9. The van der Waals surface area contributed by atoms with Crippen LogP contribution >= 0.6 is 11.6 Å². The normalized spacial score (nSPS) is 15.6. The van der Waals surface area contributed by atoms with Crippen molar-refractivity contribution >= 4 is 17.5 Å².